The summed E-state index contributed by atoms with van der Waals surface area (Å²) in [5.41, 5.74) is 1.05. The summed E-state index contributed by atoms with van der Waals surface area (Å²) in [7, 11) is -3.34. The average molecular weight is 423 g/mol. The number of nitrogens with one attached hydrogen (secondary N) is 1. The second-order valence-electron chi connectivity index (χ2n) is 7.90. The van der Waals surface area contributed by atoms with Gasteiger partial charge in [0.2, 0.25) is 15.9 Å². The Morgan fingerprint density at radius 1 is 1.17 bits per heavy atom. The summed E-state index contributed by atoms with van der Waals surface area (Å²) >= 11 is 0. The predicted octanol–water partition coefficient (Wildman–Crippen LogP) is 1.22. The Hall–Kier alpha value is -1.97. The Bertz CT molecular complexity index is 846. The number of hydrogen-bond donors (Lipinski definition) is 1. The van der Waals surface area contributed by atoms with Crippen molar-refractivity contribution in [3.8, 4) is 0 Å². The molecule has 1 N–H and O–H groups in total. The first-order valence-corrected chi connectivity index (χ1v) is 11.9. The van der Waals surface area contributed by atoms with E-state index in [1.54, 1.807) is 33.5 Å². The number of sulfonamides is 1. The number of anilines is 1. The summed E-state index contributed by atoms with van der Waals surface area (Å²) in [5.74, 6) is -0.353. The summed E-state index contributed by atoms with van der Waals surface area (Å²) in [5, 5.41) is 2.67. The van der Waals surface area contributed by atoms with E-state index in [0.29, 0.717) is 30.9 Å². The molecule has 0 spiro atoms. The minimum atomic E-state index is -3.34. The lowest BCUT2D eigenvalue weighted by Gasteiger charge is -2.44. The molecule has 160 valence electrons. The van der Waals surface area contributed by atoms with Crippen molar-refractivity contribution in [3.05, 3.63) is 29.8 Å². The minimum Gasteiger partial charge on any atom is -0.335 e. The smallest absolute Gasteiger partial charge is 0.254 e. The first kappa shape index (κ1) is 21.7. The molecule has 2 saturated heterocycles. The molecule has 0 aromatic heterocycles. The highest BCUT2D eigenvalue weighted by molar-refractivity contribution is 7.88. The van der Waals surface area contributed by atoms with Gasteiger partial charge in [-0.1, -0.05) is 12.5 Å². The first-order chi connectivity index (χ1) is 13.7. The molecule has 0 atom stereocenters. The molecule has 29 heavy (non-hydrogen) atoms. The van der Waals surface area contributed by atoms with Gasteiger partial charge in [0.05, 0.1) is 12.3 Å². The zero-order valence-electron chi connectivity index (χ0n) is 17.1. The summed E-state index contributed by atoms with van der Waals surface area (Å²) in [6.45, 7) is 5.43. The zero-order chi connectivity index (χ0) is 21.0. The Balaban J connectivity index is 1.58. The predicted molar refractivity (Wildman–Crippen MR) is 112 cm³/mol. The van der Waals surface area contributed by atoms with E-state index in [2.05, 4.69) is 10.2 Å². The van der Waals surface area contributed by atoms with Crippen molar-refractivity contribution in [1.29, 1.82) is 0 Å². The average Bonchev–Trinajstić information content (AvgIpc) is 2.62. The van der Waals surface area contributed by atoms with E-state index in [9.17, 15) is 18.0 Å². The maximum Gasteiger partial charge on any atom is 0.254 e. The zero-order valence-corrected chi connectivity index (χ0v) is 18.0. The van der Waals surface area contributed by atoms with Crippen LogP contribution >= 0.6 is 0 Å². The number of hydrogen-bond acceptors (Lipinski definition) is 5. The van der Waals surface area contributed by atoms with Crippen molar-refractivity contribution >= 4 is 27.5 Å². The maximum atomic E-state index is 12.7. The third kappa shape index (κ3) is 5.77. The molecule has 2 aliphatic rings. The molecule has 9 heteroatoms. The summed E-state index contributed by atoms with van der Waals surface area (Å²) in [6, 6.07) is 6.60. The highest BCUT2D eigenvalue weighted by Crippen LogP contribution is 2.22. The van der Waals surface area contributed by atoms with Crippen LogP contribution in [0, 0.1) is 0 Å². The number of nitrogens with zero attached hydrogens (tertiary/aromatic N) is 3. The second-order valence-corrected chi connectivity index (χ2v) is 9.84. The molecule has 2 fully saturated rings. The molecule has 0 radical (unpaired) electrons. The van der Waals surface area contributed by atoms with Crippen LogP contribution in [0.3, 0.4) is 0 Å². The van der Waals surface area contributed by atoms with E-state index >= 15 is 0 Å². The Labute approximate surface area is 172 Å². The number of benzene rings is 1. The molecule has 0 saturated carbocycles. The molecule has 2 heterocycles. The number of amides is 2. The molecule has 0 unspecified atom stereocenters. The van der Waals surface area contributed by atoms with E-state index in [1.807, 2.05) is 0 Å². The van der Waals surface area contributed by atoms with Gasteiger partial charge in [0.15, 0.2) is 0 Å². The van der Waals surface area contributed by atoms with Crippen molar-refractivity contribution < 1.29 is 18.0 Å². The number of piperidine rings is 1. The number of likely N-dealkylation sites (tertiary alicyclic amines) is 2. The number of carbonyl (C=O) groups is 2. The second kappa shape index (κ2) is 9.23. The van der Waals surface area contributed by atoms with Crippen molar-refractivity contribution in [2.45, 2.75) is 32.2 Å². The Morgan fingerprint density at radius 3 is 2.48 bits per heavy atom. The van der Waals surface area contributed by atoms with Crippen molar-refractivity contribution in [3.63, 3.8) is 0 Å². The van der Waals surface area contributed by atoms with E-state index in [-0.39, 0.29) is 17.9 Å². The van der Waals surface area contributed by atoms with Crippen LogP contribution < -0.4 is 5.32 Å². The quantitative estimate of drug-likeness (QED) is 0.714. The van der Waals surface area contributed by atoms with Crippen molar-refractivity contribution in [2.24, 2.45) is 0 Å². The van der Waals surface area contributed by atoms with Crippen LogP contribution in [0.1, 0.15) is 36.5 Å². The minimum absolute atomic E-state index is 0.155. The summed E-state index contributed by atoms with van der Waals surface area (Å²) in [6.07, 6.45) is 4.82. The van der Waals surface area contributed by atoms with Gasteiger partial charge >= 0.3 is 0 Å². The van der Waals surface area contributed by atoms with Gasteiger partial charge in [0.25, 0.3) is 5.91 Å². The topological polar surface area (TPSA) is 90.0 Å². The standard InChI is InChI=1S/C20H30N4O4S/c1-16(25)21-18-8-6-7-17(13-18)20(26)23-14-19(15-23)24(29(2,27)28)12-11-22-9-4-3-5-10-22/h6-8,13,19H,3-5,9-12,14-15H2,1-2H3,(H,21,25). The van der Waals surface area contributed by atoms with Gasteiger partial charge in [-0.05, 0) is 44.1 Å². The molecule has 2 aliphatic heterocycles. The molecule has 0 bridgehead atoms. The molecule has 3 rings (SSSR count). The molecule has 0 aliphatic carbocycles. The third-order valence-corrected chi connectivity index (χ3v) is 6.83. The van der Waals surface area contributed by atoms with E-state index in [0.717, 1.165) is 19.6 Å². The van der Waals surface area contributed by atoms with Crippen LogP contribution in [0.15, 0.2) is 24.3 Å². The highest BCUT2D eigenvalue weighted by Gasteiger charge is 2.39. The fourth-order valence-corrected chi connectivity index (χ4v) is 5.05. The lowest BCUT2D eigenvalue weighted by molar-refractivity contribution is -0.114. The van der Waals surface area contributed by atoms with Crippen LogP contribution in [0.4, 0.5) is 5.69 Å². The van der Waals surface area contributed by atoms with Crippen LogP contribution in [0.25, 0.3) is 0 Å². The fourth-order valence-electron chi connectivity index (χ4n) is 3.96. The largest absolute Gasteiger partial charge is 0.335 e. The van der Waals surface area contributed by atoms with E-state index in [4.69, 9.17) is 0 Å². The highest BCUT2D eigenvalue weighted by atomic mass is 32.2. The molecular formula is C20H30N4O4S. The Morgan fingerprint density at radius 2 is 1.86 bits per heavy atom. The van der Waals surface area contributed by atoms with Crippen molar-refractivity contribution in [2.75, 3.05) is 50.8 Å². The monoisotopic (exact) mass is 422 g/mol. The van der Waals surface area contributed by atoms with E-state index in [1.165, 1.54) is 32.4 Å². The maximum absolute atomic E-state index is 12.7. The van der Waals surface area contributed by atoms with Gasteiger partial charge in [0, 0.05) is 44.4 Å². The number of carbonyl (C=O) groups excluding carboxylic acids is 2. The van der Waals surface area contributed by atoms with Crippen LogP contribution in [-0.4, -0.2) is 85.9 Å². The summed E-state index contributed by atoms with van der Waals surface area (Å²) < 4.78 is 26.1. The van der Waals surface area contributed by atoms with Gasteiger partial charge in [-0.2, -0.15) is 4.31 Å². The van der Waals surface area contributed by atoms with E-state index < -0.39 is 10.0 Å². The van der Waals surface area contributed by atoms with Gasteiger partial charge in [-0.25, -0.2) is 8.42 Å². The van der Waals surface area contributed by atoms with Gasteiger partial charge in [-0.15, -0.1) is 0 Å². The molecule has 2 amide bonds. The lowest BCUT2D eigenvalue weighted by atomic mass is 10.1. The van der Waals surface area contributed by atoms with Gasteiger partial charge < -0.3 is 15.1 Å². The first-order valence-electron chi connectivity index (χ1n) is 10.1. The van der Waals surface area contributed by atoms with Gasteiger partial charge in [-0.3, -0.25) is 9.59 Å². The Kier molecular flexibility index (Phi) is 6.92. The normalized spacial score (nSPS) is 18.5. The SMILES string of the molecule is CC(=O)Nc1cccc(C(=O)N2CC(N(CCN3CCCCC3)S(C)(=O)=O)C2)c1. The third-order valence-electron chi connectivity index (χ3n) is 5.50. The number of rotatable bonds is 7. The molecule has 1 aromatic carbocycles. The van der Waals surface area contributed by atoms with Gasteiger partial charge in [0.1, 0.15) is 0 Å². The van der Waals surface area contributed by atoms with Crippen LogP contribution in [0.2, 0.25) is 0 Å². The van der Waals surface area contributed by atoms with Crippen LogP contribution in [0.5, 0.6) is 0 Å². The summed E-state index contributed by atoms with van der Waals surface area (Å²) in [4.78, 5) is 27.9. The molecular weight excluding hydrogens is 392 g/mol. The molecule has 1 aromatic rings. The van der Waals surface area contributed by atoms with Crippen molar-refractivity contribution in [1.82, 2.24) is 14.1 Å². The molecule has 8 nitrogen and oxygen atoms in total. The fraction of sp³-hybridized carbons (Fsp3) is 0.600. The van der Waals surface area contributed by atoms with Crippen LogP contribution in [-0.2, 0) is 14.8 Å². The lowest BCUT2D eigenvalue weighted by Crippen LogP contribution is -2.62.